The molecule has 2 heteroatoms. The summed E-state index contributed by atoms with van der Waals surface area (Å²) in [5, 5.41) is 10.8. The highest BCUT2D eigenvalue weighted by Crippen LogP contribution is 2.64. The van der Waals surface area contributed by atoms with E-state index in [2.05, 4.69) is 13.8 Å². The van der Waals surface area contributed by atoms with E-state index in [0.29, 0.717) is 12.0 Å². The molecule has 132 valence electrons. The lowest BCUT2D eigenvalue weighted by Gasteiger charge is -2.57. The lowest BCUT2D eigenvalue weighted by Crippen LogP contribution is -2.51. The summed E-state index contributed by atoms with van der Waals surface area (Å²) in [5.74, 6) is 5.54. The van der Waals surface area contributed by atoms with E-state index < -0.39 is 5.60 Å². The normalized spacial score (nSPS) is 55.8. The summed E-state index contributed by atoms with van der Waals surface area (Å²) in [7, 11) is 1.73. The summed E-state index contributed by atoms with van der Waals surface area (Å²) in [6.45, 7) is 5.65. The summed E-state index contributed by atoms with van der Waals surface area (Å²) < 4.78 is 5.30. The first-order chi connectivity index (χ1) is 11.0. The SMILES string of the molecule is COC[C@@]1(O)CC[C@H]2[C@H](CC[C@@H]3[C@@H]2CC[C@]2(C)[C@@H](C)CC[C@@H]32)C1. The van der Waals surface area contributed by atoms with Gasteiger partial charge in [-0.1, -0.05) is 13.8 Å². The molecule has 4 fully saturated rings. The largest absolute Gasteiger partial charge is 0.387 e. The van der Waals surface area contributed by atoms with Crippen molar-refractivity contribution in [1.82, 2.24) is 0 Å². The van der Waals surface area contributed by atoms with E-state index in [1.165, 1.54) is 44.9 Å². The number of ether oxygens (including phenoxy) is 1. The summed E-state index contributed by atoms with van der Waals surface area (Å²) in [6.07, 6.45) is 11.9. The van der Waals surface area contributed by atoms with Gasteiger partial charge in [0.1, 0.15) is 0 Å². The minimum absolute atomic E-state index is 0.530. The zero-order valence-electron chi connectivity index (χ0n) is 15.4. The van der Waals surface area contributed by atoms with Gasteiger partial charge in [-0.15, -0.1) is 0 Å². The molecule has 0 aromatic carbocycles. The third kappa shape index (κ3) is 2.51. The third-order valence-corrected chi connectivity index (χ3v) is 8.99. The molecule has 0 heterocycles. The van der Waals surface area contributed by atoms with Crippen LogP contribution in [0.15, 0.2) is 0 Å². The molecule has 4 saturated carbocycles. The van der Waals surface area contributed by atoms with Crippen LogP contribution in [0, 0.1) is 40.9 Å². The van der Waals surface area contributed by atoms with Crippen LogP contribution < -0.4 is 0 Å². The molecule has 0 saturated heterocycles. The second kappa shape index (κ2) is 5.73. The lowest BCUT2D eigenvalue weighted by molar-refractivity contribution is -0.124. The number of fused-ring (bicyclic) bond motifs is 5. The van der Waals surface area contributed by atoms with Gasteiger partial charge in [-0.05, 0) is 98.7 Å². The Morgan fingerprint density at radius 1 is 0.957 bits per heavy atom. The molecule has 4 rings (SSSR count). The highest BCUT2D eigenvalue weighted by molar-refractivity contribution is 5.06. The molecule has 2 nitrogen and oxygen atoms in total. The fraction of sp³-hybridized carbons (Fsp3) is 1.00. The van der Waals surface area contributed by atoms with Crippen LogP contribution >= 0.6 is 0 Å². The second-order valence-corrected chi connectivity index (χ2v) is 9.86. The molecule has 0 unspecified atom stereocenters. The number of aliphatic hydroxyl groups is 1. The zero-order chi connectivity index (χ0) is 16.2. The molecule has 8 atom stereocenters. The molecule has 0 aliphatic heterocycles. The minimum Gasteiger partial charge on any atom is -0.387 e. The Hall–Kier alpha value is -0.0800. The van der Waals surface area contributed by atoms with Crippen LogP contribution in [0.2, 0.25) is 0 Å². The molecule has 4 aliphatic carbocycles. The smallest absolute Gasteiger partial charge is 0.0882 e. The zero-order valence-corrected chi connectivity index (χ0v) is 15.4. The van der Waals surface area contributed by atoms with Gasteiger partial charge in [0, 0.05) is 7.11 Å². The van der Waals surface area contributed by atoms with Crippen LogP contribution in [0.3, 0.4) is 0 Å². The van der Waals surface area contributed by atoms with Crippen molar-refractivity contribution < 1.29 is 9.84 Å². The van der Waals surface area contributed by atoms with Gasteiger partial charge < -0.3 is 9.84 Å². The van der Waals surface area contributed by atoms with E-state index in [0.717, 1.165) is 48.3 Å². The molecule has 0 amide bonds. The first-order valence-corrected chi connectivity index (χ1v) is 10.2. The molecule has 0 bridgehead atoms. The highest BCUT2D eigenvalue weighted by Gasteiger charge is 2.56. The standard InChI is InChI=1S/C21H36O2/c1-14-4-7-19-18-6-5-15-12-21(22,13-23-3)11-9-16(15)17(18)8-10-20(14,19)2/h14-19,22H,4-13H2,1-3H3/t14-,15+,16-,17+,18+,19-,20+,21+/m0/s1. The Kier molecular flexibility index (Phi) is 4.08. The van der Waals surface area contributed by atoms with Crippen LogP contribution in [-0.2, 0) is 4.74 Å². The Bertz CT molecular complexity index is 449. The average molecular weight is 321 g/mol. The van der Waals surface area contributed by atoms with Gasteiger partial charge in [-0.2, -0.15) is 0 Å². The number of hydrogen-bond acceptors (Lipinski definition) is 2. The number of rotatable bonds is 2. The fourth-order valence-corrected chi connectivity index (χ4v) is 7.62. The Labute approximate surface area is 142 Å². The third-order valence-electron chi connectivity index (χ3n) is 8.99. The van der Waals surface area contributed by atoms with Gasteiger partial charge in [0.05, 0.1) is 12.2 Å². The van der Waals surface area contributed by atoms with Crippen molar-refractivity contribution in [3.05, 3.63) is 0 Å². The van der Waals surface area contributed by atoms with Crippen molar-refractivity contribution in [2.75, 3.05) is 13.7 Å². The van der Waals surface area contributed by atoms with Crippen LogP contribution in [0.4, 0.5) is 0 Å². The molecule has 0 radical (unpaired) electrons. The van der Waals surface area contributed by atoms with Crippen molar-refractivity contribution in [3.8, 4) is 0 Å². The molecule has 0 aromatic heterocycles. The van der Waals surface area contributed by atoms with Crippen LogP contribution in [0.1, 0.15) is 71.6 Å². The number of hydrogen-bond donors (Lipinski definition) is 1. The molecular formula is C21H36O2. The van der Waals surface area contributed by atoms with Gasteiger partial charge in [0.25, 0.3) is 0 Å². The highest BCUT2D eigenvalue weighted by atomic mass is 16.5. The Morgan fingerprint density at radius 2 is 1.74 bits per heavy atom. The lowest BCUT2D eigenvalue weighted by atomic mass is 9.49. The van der Waals surface area contributed by atoms with Gasteiger partial charge in [0.2, 0.25) is 0 Å². The topological polar surface area (TPSA) is 29.5 Å². The molecule has 23 heavy (non-hydrogen) atoms. The molecular weight excluding hydrogens is 284 g/mol. The quantitative estimate of drug-likeness (QED) is 0.802. The van der Waals surface area contributed by atoms with Gasteiger partial charge in [0.15, 0.2) is 0 Å². The summed E-state index contributed by atoms with van der Waals surface area (Å²) in [4.78, 5) is 0. The maximum Gasteiger partial charge on any atom is 0.0882 e. The minimum atomic E-state index is -0.534. The van der Waals surface area contributed by atoms with Crippen molar-refractivity contribution in [2.24, 2.45) is 40.9 Å². The molecule has 1 N–H and O–H groups in total. The first kappa shape index (κ1) is 16.4. The Morgan fingerprint density at radius 3 is 2.52 bits per heavy atom. The predicted octanol–water partition coefficient (Wildman–Crippen LogP) is 4.65. The average Bonchev–Trinajstić information content (AvgIpc) is 2.82. The van der Waals surface area contributed by atoms with Crippen LogP contribution in [0.25, 0.3) is 0 Å². The molecule has 0 spiro atoms. The van der Waals surface area contributed by atoms with E-state index in [1.807, 2.05) is 0 Å². The molecule has 4 aliphatic rings. The monoisotopic (exact) mass is 320 g/mol. The van der Waals surface area contributed by atoms with Crippen molar-refractivity contribution in [2.45, 2.75) is 77.2 Å². The predicted molar refractivity (Wildman–Crippen MR) is 93.1 cm³/mol. The van der Waals surface area contributed by atoms with E-state index in [1.54, 1.807) is 7.11 Å². The van der Waals surface area contributed by atoms with E-state index in [4.69, 9.17) is 4.74 Å². The second-order valence-electron chi connectivity index (χ2n) is 9.86. The van der Waals surface area contributed by atoms with Crippen LogP contribution in [0.5, 0.6) is 0 Å². The van der Waals surface area contributed by atoms with E-state index >= 15 is 0 Å². The van der Waals surface area contributed by atoms with Gasteiger partial charge in [-0.25, -0.2) is 0 Å². The van der Waals surface area contributed by atoms with Crippen LogP contribution in [-0.4, -0.2) is 24.4 Å². The van der Waals surface area contributed by atoms with Gasteiger partial charge >= 0.3 is 0 Å². The van der Waals surface area contributed by atoms with Gasteiger partial charge in [-0.3, -0.25) is 0 Å². The van der Waals surface area contributed by atoms with Crippen molar-refractivity contribution >= 4 is 0 Å². The summed E-state index contributed by atoms with van der Waals surface area (Å²) >= 11 is 0. The van der Waals surface area contributed by atoms with Crippen molar-refractivity contribution in [3.63, 3.8) is 0 Å². The first-order valence-electron chi connectivity index (χ1n) is 10.2. The molecule has 0 aromatic rings. The Balaban J connectivity index is 1.50. The maximum absolute atomic E-state index is 10.8. The maximum atomic E-state index is 10.8. The van der Waals surface area contributed by atoms with E-state index in [9.17, 15) is 5.11 Å². The summed E-state index contributed by atoms with van der Waals surface area (Å²) in [5.41, 5.74) is 0.104. The van der Waals surface area contributed by atoms with E-state index in [-0.39, 0.29) is 0 Å². The summed E-state index contributed by atoms with van der Waals surface area (Å²) in [6, 6.07) is 0. The fourth-order valence-electron chi connectivity index (χ4n) is 7.62. The van der Waals surface area contributed by atoms with Crippen molar-refractivity contribution in [1.29, 1.82) is 0 Å². The number of methoxy groups -OCH3 is 1.